The monoisotopic (exact) mass is 377 g/mol. The minimum absolute atomic E-state index is 0.0319. The van der Waals surface area contributed by atoms with E-state index in [0.717, 1.165) is 54.6 Å². The van der Waals surface area contributed by atoms with E-state index < -0.39 is 0 Å². The molecule has 0 bridgehead atoms. The van der Waals surface area contributed by atoms with Gasteiger partial charge in [0.15, 0.2) is 5.82 Å². The summed E-state index contributed by atoms with van der Waals surface area (Å²) in [4.78, 5) is 35.2. The van der Waals surface area contributed by atoms with Crippen LogP contribution in [0.2, 0.25) is 0 Å². The molecule has 3 heterocycles. The third kappa shape index (κ3) is 3.99. The molecule has 0 aliphatic carbocycles. The molecule has 1 saturated heterocycles. The Balaban J connectivity index is 1.85. The van der Waals surface area contributed by atoms with Crippen molar-refractivity contribution in [2.75, 3.05) is 13.1 Å². The molecule has 0 radical (unpaired) electrons. The zero-order chi connectivity index (χ0) is 18.8. The predicted molar refractivity (Wildman–Crippen MR) is 104 cm³/mol. The Kier molecular flexibility index (Phi) is 5.77. The number of nitrogens with zero attached hydrogens (tertiary/aromatic N) is 1. The Labute approximate surface area is 157 Å². The number of carbonyl (C=O) groups is 1. The first-order valence-corrected chi connectivity index (χ1v) is 10.3. The van der Waals surface area contributed by atoms with Gasteiger partial charge in [0.1, 0.15) is 11.4 Å². The van der Waals surface area contributed by atoms with Crippen molar-refractivity contribution in [3.05, 3.63) is 26.6 Å². The third-order valence-electron chi connectivity index (χ3n) is 5.60. The number of H-pyrrole nitrogens is 1. The summed E-state index contributed by atoms with van der Waals surface area (Å²) in [5.74, 6) is 0.969. The van der Waals surface area contributed by atoms with Crippen LogP contribution in [-0.4, -0.2) is 29.0 Å². The number of quaternary nitrogens is 1. The minimum atomic E-state index is -0.220. The number of primary amides is 1. The first kappa shape index (κ1) is 19.0. The van der Waals surface area contributed by atoms with Crippen LogP contribution in [0.1, 0.15) is 49.4 Å². The zero-order valence-corrected chi connectivity index (χ0v) is 16.7. The maximum atomic E-state index is 12.7. The summed E-state index contributed by atoms with van der Waals surface area (Å²) in [7, 11) is 0. The Bertz CT molecular complexity index is 857. The van der Waals surface area contributed by atoms with Crippen LogP contribution in [0.15, 0.2) is 4.79 Å². The first-order chi connectivity index (χ1) is 12.4. The minimum Gasteiger partial charge on any atom is -0.369 e. The SMILES string of the molecule is CC[C@H](C)Cc1c(C)sc2nc(C[NH+]3CCC[C@H](C(N)=O)C3)[nH]c(=O)c12. The van der Waals surface area contributed by atoms with Crippen molar-refractivity contribution in [3.8, 4) is 0 Å². The van der Waals surface area contributed by atoms with Crippen molar-refractivity contribution >= 4 is 27.5 Å². The summed E-state index contributed by atoms with van der Waals surface area (Å²) in [5, 5.41) is 0.764. The van der Waals surface area contributed by atoms with Gasteiger partial charge in [-0.05, 0) is 37.7 Å². The van der Waals surface area contributed by atoms with Gasteiger partial charge in [0, 0.05) is 4.88 Å². The van der Waals surface area contributed by atoms with Crippen LogP contribution in [-0.2, 0) is 17.8 Å². The van der Waals surface area contributed by atoms with E-state index in [-0.39, 0.29) is 17.4 Å². The number of piperidine rings is 1. The van der Waals surface area contributed by atoms with Gasteiger partial charge in [-0.1, -0.05) is 20.3 Å². The molecule has 1 aliphatic rings. The molecule has 2 aromatic rings. The number of hydrogen-bond acceptors (Lipinski definition) is 4. The lowest BCUT2D eigenvalue weighted by Crippen LogP contribution is -3.12. The van der Waals surface area contributed by atoms with Crippen molar-refractivity contribution in [3.63, 3.8) is 0 Å². The molecule has 1 aliphatic heterocycles. The molecule has 0 aromatic carbocycles. The molecule has 0 saturated carbocycles. The van der Waals surface area contributed by atoms with Crippen LogP contribution in [0, 0.1) is 18.8 Å². The Morgan fingerprint density at radius 3 is 2.96 bits per heavy atom. The average Bonchev–Trinajstić information content (AvgIpc) is 2.90. The van der Waals surface area contributed by atoms with E-state index in [2.05, 4.69) is 25.8 Å². The second-order valence-electron chi connectivity index (χ2n) is 7.67. The van der Waals surface area contributed by atoms with Gasteiger partial charge in [0.05, 0.1) is 24.4 Å². The van der Waals surface area contributed by atoms with Gasteiger partial charge in [-0.3, -0.25) is 9.59 Å². The fourth-order valence-corrected chi connectivity index (χ4v) is 4.91. The van der Waals surface area contributed by atoms with Crippen molar-refractivity contribution in [1.29, 1.82) is 0 Å². The first-order valence-electron chi connectivity index (χ1n) is 9.53. The zero-order valence-electron chi connectivity index (χ0n) is 15.9. The second kappa shape index (κ2) is 7.88. The van der Waals surface area contributed by atoms with Crippen molar-refractivity contribution in [1.82, 2.24) is 9.97 Å². The van der Waals surface area contributed by atoms with E-state index in [1.54, 1.807) is 11.3 Å². The number of likely N-dealkylation sites (tertiary alicyclic amines) is 1. The normalized spacial score (nSPS) is 21.8. The van der Waals surface area contributed by atoms with E-state index in [9.17, 15) is 9.59 Å². The van der Waals surface area contributed by atoms with Gasteiger partial charge in [-0.2, -0.15) is 0 Å². The lowest BCUT2D eigenvalue weighted by atomic mass is 9.97. The van der Waals surface area contributed by atoms with E-state index in [1.807, 2.05) is 0 Å². The number of thiophene rings is 1. The molecule has 6 nitrogen and oxygen atoms in total. The molecule has 1 amide bonds. The predicted octanol–water partition coefficient (Wildman–Crippen LogP) is 1.16. The molecule has 26 heavy (non-hydrogen) atoms. The summed E-state index contributed by atoms with van der Waals surface area (Å²) >= 11 is 1.61. The Hall–Kier alpha value is -1.73. The summed E-state index contributed by atoms with van der Waals surface area (Å²) < 4.78 is 0. The van der Waals surface area contributed by atoms with Crippen molar-refractivity contribution in [2.24, 2.45) is 17.6 Å². The largest absolute Gasteiger partial charge is 0.369 e. The molecular weight excluding hydrogens is 348 g/mol. The highest BCUT2D eigenvalue weighted by molar-refractivity contribution is 7.18. The van der Waals surface area contributed by atoms with Crippen molar-refractivity contribution < 1.29 is 9.69 Å². The molecule has 4 N–H and O–H groups in total. The number of rotatable bonds is 6. The summed E-state index contributed by atoms with van der Waals surface area (Å²) in [5.41, 5.74) is 6.59. The molecule has 3 rings (SSSR count). The maximum absolute atomic E-state index is 12.7. The number of fused-ring (bicyclic) bond motifs is 1. The number of amides is 1. The van der Waals surface area contributed by atoms with E-state index in [4.69, 9.17) is 10.7 Å². The van der Waals surface area contributed by atoms with Gasteiger partial charge < -0.3 is 15.6 Å². The van der Waals surface area contributed by atoms with Crippen LogP contribution in [0.5, 0.6) is 0 Å². The standard InChI is InChI=1S/C19H28N4O2S/c1-4-11(2)8-14-12(3)26-19-16(14)18(25)21-15(22-19)10-23-7-5-6-13(9-23)17(20)24/h11,13H,4-10H2,1-3H3,(H2,20,24)(H,21,22,25)/p+1/t11-,13-/m0/s1. The molecule has 142 valence electrons. The molecule has 1 unspecified atom stereocenters. The highest BCUT2D eigenvalue weighted by atomic mass is 32.1. The Morgan fingerprint density at radius 1 is 1.50 bits per heavy atom. The lowest BCUT2D eigenvalue weighted by Gasteiger charge is -2.27. The smallest absolute Gasteiger partial charge is 0.260 e. The topological polar surface area (TPSA) is 93.3 Å². The van der Waals surface area contributed by atoms with Gasteiger partial charge in [-0.25, -0.2) is 4.98 Å². The number of nitrogens with one attached hydrogen (secondary N) is 2. The average molecular weight is 378 g/mol. The summed E-state index contributed by atoms with van der Waals surface area (Å²) in [6.45, 7) is 8.81. The van der Waals surface area contributed by atoms with E-state index in [0.29, 0.717) is 18.3 Å². The molecule has 2 aromatic heterocycles. The van der Waals surface area contributed by atoms with Crippen LogP contribution in [0.25, 0.3) is 10.2 Å². The highest BCUT2D eigenvalue weighted by Gasteiger charge is 2.28. The summed E-state index contributed by atoms with van der Waals surface area (Å²) in [6, 6.07) is 0. The van der Waals surface area contributed by atoms with E-state index in [1.165, 1.54) is 9.78 Å². The maximum Gasteiger partial charge on any atom is 0.260 e. The van der Waals surface area contributed by atoms with Crippen LogP contribution >= 0.6 is 11.3 Å². The quantitative estimate of drug-likeness (QED) is 0.705. The second-order valence-corrected chi connectivity index (χ2v) is 8.87. The number of carbonyl (C=O) groups excluding carboxylic acids is 1. The lowest BCUT2D eigenvalue weighted by molar-refractivity contribution is -0.921. The number of nitrogens with two attached hydrogens (primary N) is 1. The van der Waals surface area contributed by atoms with Crippen LogP contribution in [0.4, 0.5) is 0 Å². The van der Waals surface area contributed by atoms with Crippen LogP contribution in [0.3, 0.4) is 0 Å². The number of aromatic amines is 1. The third-order valence-corrected chi connectivity index (χ3v) is 6.64. The highest BCUT2D eigenvalue weighted by Crippen LogP contribution is 2.29. The van der Waals surface area contributed by atoms with Crippen molar-refractivity contribution in [2.45, 2.75) is 53.0 Å². The van der Waals surface area contributed by atoms with Crippen LogP contribution < -0.4 is 16.2 Å². The molecular formula is C19H29N4O2S+. The number of aryl methyl sites for hydroxylation is 1. The molecule has 1 fully saturated rings. The molecule has 7 heteroatoms. The Morgan fingerprint density at radius 2 is 2.27 bits per heavy atom. The van der Waals surface area contributed by atoms with Gasteiger partial charge in [-0.15, -0.1) is 11.3 Å². The van der Waals surface area contributed by atoms with Gasteiger partial charge >= 0.3 is 0 Å². The van der Waals surface area contributed by atoms with Gasteiger partial charge in [0.25, 0.3) is 5.56 Å². The number of aromatic nitrogens is 2. The fraction of sp³-hybridized carbons (Fsp3) is 0.632. The fourth-order valence-electron chi connectivity index (χ4n) is 3.83. The van der Waals surface area contributed by atoms with E-state index >= 15 is 0 Å². The molecule has 0 spiro atoms. The van der Waals surface area contributed by atoms with Gasteiger partial charge in [0.2, 0.25) is 5.91 Å². The number of hydrogen-bond donors (Lipinski definition) is 3. The summed E-state index contributed by atoms with van der Waals surface area (Å²) in [6.07, 6.45) is 3.86. The molecule has 3 atom stereocenters.